The topological polar surface area (TPSA) is 12.5 Å². The summed E-state index contributed by atoms with van der Waals surface area (Å²) in [7, 11) is 2.18. The van der Waals surface area contributed by atoms with Gasteiger partial charge in [-0.25, -0.2) is 0 Å². The number of likely N-dealkylation sites (N-methyl/N-ethyl adjacent to an activating group) is 1. The molecule has 10 heavy (non-hydrogen) atoms. The van der Waals surface area contributed by atoms with E-state index in [0.29, 0.717) is 6.04 Å². The molecule has 1 heterocycles. The van der Waals surface area contributed by atoms with Crippen LogP contribution in [0.15, 0.2) is 0 Å². The molecule has 0 aromatic heterocycles. The quantitative estimate of drug-likeness (QED) is 0.574. The Balaban J connectivity index is 2.25. The SMILES string of the molecule is CCCC1COCCN1C. The zero-order chi connectivity index (χ0) is 7.40. The smallest absolute Gasteiger partial charge is 0.0622 e. The molecule has 1 atom stereocenters. The van der Waals surface area contributed by atoms with E-state index in [4.69, 9.17) is 4.74 Å². The molecule has 1 aliphatic heterocycles. The molecular weight excluding hydrogens is 126 g/mol. The zero-order valence-electron chi connectivity index (χ0n) is 6.97. The number of hydrogen-bond donors (Lipinski definition) is 0. The lowest BCUT2D eigenvalue weighted by atomic mass is 10.1. The first kappa shape index (κ1) is 8.02. The van der Waals surface area contributed by atoms with Crippen LogP contribution < -0.4 is 0 Å². The van der Waals surface area contributed by atoms with Crippen molar-refractivity contribution in [1.82, 2.24) is 4.90 Å². The van der Waals surface area contributed by atoms with Crippen molar-refractivity contribution in [3.8, 4) is 0 Å². The van der Waals surface area contributed by atoms with Gasteiger partial charge in [0.25, 0.3) is 0 Å². The second-order valence-corrected chi connectivity index (χ2v) is 3.00. The van der Waals surface area contributed by atoms with E-state index in [0.717, 1.165) is 19.8 Å². The van der Waals surface area contributed by atoms with Gasteiger partial charge in [-0.1, -0.05) is 13.3 Å². The molecule has 0 spiro atoms. The first-order valence-corrected chi connectivity index (χ1v) is 4.12. The van der Waals surface area contributed by atoms with Crippen molar-refractivity contribution < 1.29 is 4.74 Å². The molecule has 1 unspecified atom stereocenters. The predicted molar refractivity (Wildman–Crippen MR) is 42.1 cm³/mol. The van der Waals surface area contributed by atoms with Gasteiger partial charge in [-0.15, -0.1) is 0 Å². The van der Waals surface area contributed by atoms with E-state index in [9.17, 15) is 0 Å². The Bertz CT molecular complexity index is 93.3. The van der Waals surface area contributed by atoms with E-state index in [-0.39, 0.29) is 0 Å². The molecule has 0 aliphatic carbocycles. The largest absolute Gasteiger partial charge is 0.378 e. The molecule has 1 aliphatic rings. The number of ether oxygens (including phenoxy) is 1. The fraction of sp³-hybridized carbons (Fsp3) is 1.00. The van der Waals surface area contributed by atoms with Crippen molar-refractivity contribution in [3.63, 3.8) is 0 Å². The van der Waals surface area contributed by atoms with Gasteiger partial charge < -0.3 is 4.74 Å². The van der Waals surface area contributed by atoms with E-state index >= 15 is 0 Å². The van der Waals surface area contributed by atoms with E-state index in [1.165, 1.54) is 12.8 Å². The van der Waals surface area contributed by atoms with Crippen LogP contribution >= 0.6 is 0 Å². The molecular formula is C8H17NO. The zero-order valence-corrected chi connectivity index (χ0v) is 6.97. The lowest BCUT2D eigenvalue weighted by Gasteiger charge is -2.32. The minimum atomic E-state index is 0.679. The van der Waals surface area contributed by atoms with Gasteiger partial charge in [0.15, 0.2) is 0 Å². The summed E-state index contributed by atoms with van der Waals surface area (Å²) in [5.74, 6) is 0. The summed E-state index contributed by atoms with van der Waals surface area (Å²) < 4.78 is 5.36. The normalized spacial score (nSPS) is 28.8. The molecule has 0 saturated carbocycles. The highest BCUT2D eigenvalue weighted by atomic mass is 16.5. The summed E-state index contributed by atoms with van der Waals surface area (Å²) in [5.41, 5.74) is 0. The molecule has 2 heteroatoms. The third-order valence-electron chi connectivity index (χ3n) is 2.14. The van der Waals surface area contributed by atoms with E-state index in [1.807, 2.05) is 0 Å². The van der Waals surface area contributed by atoms with Gasteiger partial charge in [-0.2, -0.15) is 0 Å². The first-order chi connectivity index (χ1) is 4.84. The highest BCUT2D eigenvalue weighted by Crippen LogP contribution is 2.08. The Labute approximate surface area is 63.2 Å². The van der Waals surface area contributed by atoms with Gasteiger partial charge in [0.1, 0.15) is 0 Å². The maximum absolute atomic E-state index is 5.36. The van der Waals surface area contributed by atoms with Crippen molar-refractivity contribution in [1.29, 1.82) is 0 Å². The van der Waals surface area contributed by atoms with E-state index in [1.54, 1.807) is 0 Å². The van der Waals surface area contributed by atoms with Crippen molar-refractivity contribution in [2.24, 2.45) is 0 Å². The van der Waals surface area contributed by atoms with Crippen molar-refractivity contribution in [3.05, 3.63) is 0 Å². The maximum atomic E-state index is 5.36. The molecule has 2 nitrogen and oxygen atoms in total. The number of rotatable bonds is 2. The predicted octanol–water partition coefficient (Wildman–Crippen LogP) is 1.12. The van der Waals surface area contributed by atoms with Crippen LogP contribution in [0.5, 0.6) is 0 Å². The summed E-state index contributed by atoms with van der Waals surface area (Å²) in [4.78, 5) is 2.40. The molecule has 60 valence electrons. The number of morpholine rings is 1. The summed E-state index contributed by atoms with van der Waals surface area (Å²) in [6.45, 7) is 5.17. The molecule has 0 N–H and O–H groups in total. The molecule has 0 aromatic rings. The van der Waals surface area contributed by atoms with Crippen LogP contribution in [-0.4, -0.2) is 37.7 Å². The van der Waals surface area contributed by atoms with Crippen molar-refractivity contribution in [2.75, 3.05) is 26.8 Å². The first-order valence-electron chi connectivity index (χ1n) is 4.12. The fourth-order valence-corrected chi connectivity index (χ4v) is 1.37. The average molecular weight is 143 g/mol. The highest BCUT2D eigenvalue weighted by Gasteiger charge is 2.17. The van der Waals surface area contributed by atoms with Crippen LogP contribution in [0.4, 0.5) is 0 Å². The van der Waals surface area contributed by atoms with Crippen LogP contribution in [-0.2, 0) is 4.74 Å². The summed E-state index contributed by atoms with van der Waals surface area (Å²) in [6, 6.07) is 0.679. The van der Waals surface area contributed by atoms with Crippen LogP contribution in [0.2, 0.25) is 0 Å². The van der Waals surface area contributed by atoms with Crippen LogP contribution in [0, 0.1) is 0 Å². The van der Waals surface area contributed by atoms with Gasteiger partial charge >= 0.3 is 0 Å². The molecule has 1 saturated heterocycles. The van der Waals surface area contributed by atoms with Gasteiger partial charge in [0.05, 0.1) is 13.2 Å². The molecule has 0 bridgehead atoms. The Morgan fingerprint density at radius 2 is 2.40 bits per heavy atom. The lowest BCUT2D eigenvalue weighted by Crippen LogP contribution is -2.42. The molecule has 1 fully saturated rings. The highest BCUT2D eigenvalue weighted by molar-refractivity contribution is 4.70. The third kappa shape index (κ3) is 1.96. The summed E-state index contributed by atoms with van der Waals surface area (Å²) in [5, 5.41) is 0. The van der Waals surface area contributed by atoms with Crippen molar-refractivity contribution >= 4 is 0 Å². The Kier molecular flexibility index (Phi) is 3.16. The summed E-state index contributed by atoms with van der Waals surface area (Å²) >= 11 is 0. The van der Waals surface area contributed by atoms with Gasteiger partial charge in [-0.05, 0) is 13.5 Å². The molecule has 0 aromatic carbocycles. The maximum Gasteiger partial charge on any atom is 0.0622 e. The fourth-order valence-electron chi connectivity index (χ4n) is 1.37. The van der Waals surface area contributed by atoms with Crippen LogP contribution in [0.1, 0.15) is 19.8 Å². The molecule has 0 amide bonds. The van der Waals surface area contributed by atoms with E-state index in [2.05, 4.69) is 18.9 Å². The second kappa shape index (κ2) is 3.94. The third-order valence-corrected chi connectivity index (χ3v) is 2.14. The standard InChI is InChI=1S/C8H17NO/c1-3-4-8-7-10-6-5-9(8)2/h8H,3-7H2,1-2H3. The van der Waals surface area contributed by atoms with Crippen LogP contribution in [0.3, 0.4) is 0 Å². The van der Waals surface area contributed by atoms with Gasteiger partial charge in [0, 0.05) is 12.6 Å². The summed E-state index contributed by atoms with van der Waals surface area (Å²) in [6.07, 6.45) is 2.54. The van der Waals surface area contributed by atoms with Gasteiger partial charge in [-0.3, -0.25) is 4.90 Å². The Morgan fingerprint density at radius 1 is 1.60 bits per heavy atom. The average Bonchev–Trinajstić information content (AvgIpc) is 1.94. The number of nitrogens with zero attached hydrogens (tertiary/aromatic N) is 1. The molecule has 0 radical (unpaired) electrons. The Hall–Kier alpha value is -0.0800. The Morgan fingerprint density at radius 3 is 3.00 bits per heavy atom. The minimum Gasteiger partial charge on any atom is -0.378 e. The lowest BCUT2D eigenvalue weighted by molar-refractivity contribution is 0.00276. The van der Waals surface area contributed by atoms with Crippen LogP contribution in [0.25, 0.3) is 0 Å². The number of hydrogen-bond acceptors (Lipinski definition) is 2. The molecule has 1 rings (SSSR count). The second-order valence-electron chi connectivity index (χ2n) is 3.00. The van der Waals surface area contributed by atoms with Crippen molar-refractivity contribution in [2.45, 2.75) is 25.8 Å². The van der Waals surface area contributed by atoms with E-state index < -0.39 is 0 Å². The minimum absolute atomic E-state index is 0.679. The monoisotopic (exact) mass is 143 g/mol. The van der Waals surface area contributed by atoms with Gasteiger partial charge in [0.2, 0.25) is 0 Å².